The molecule has 0 aromatic heterocycles. The van der Waals surface area contributed by atoms with Crippen LogP contribution in [0.2, 0.25) is 0 Å². The second-order valence-corrected chi connectivity index (χ2v) is 6.30. The average molecular weight is 254 g/mol. The van der Waals surface area contributed by atoms with E-state index < -0.39 is 0 Å². The maximum atomic E-state index is 12.2. The zero-order valence-electron chi connectivity index (χ0n) is 12.0. The minimum absolute atomic E-state index is 0.0565. The van der Waals surface area contributed by atoms with Gasteiger partial charge in [0.25, 0.3) is 0 Å². The Morgan fingerprint density at radius 2 is 2.17 bits per heavy atom. The maximum absolute atomic E-state index is 12.2. The van der Waals surface area contributed by atoms with Crippen molar-refractivity contribution in [3.05, 3.63) is 0 Å². The smallest absolute Gasteiger partial charge is 0.224 e. The summed E-state index contributed by atoms with van der Waals surface area (Å²) in [5.74, 6) is 0.781. The Kier molecular flexibility index (Phi) is 3.97. The lowest BCUT2D eigenvalue weighted by Crippen LogP contribution is -2.63. The number of hydrogen-bond acceptors (Lipinski definition) is 3. The predicted molar refractivity (Wildman–Crippen MR) is 71.3 cm³/mol. The standard InChI is InChI=1S/C14H26N2O2/c1-5-18-12-6-11(14(12,3)4)16-13(17)10-8-15-7-9(10)2/h9-12,15H,5-8H2,1-4H3,(H,16,17). The summed E-state index contributed by atoms with van der Waals surface area (Å²) in [6.45, 7) is 11.0. The third-order valence-corrected chi connectivity index (χ3v) is 4.72. The van der Waals surface area contributed by atoms with E-state index in [0.29, 0.717) is 5.92 Å². The monoisotopic (exact) mass is 254 g/mol. The van der Waals surface area contributed by atoms with Crippen LogP contribution < -0.4 is 10.6 Å². The van der Waals surface area contributed by atoms with Gasteiger partial charge >= 0.3 is 0 Å². The Hall–Kier alpha value is -0.610. The minimum Gasteiger partial charge on any atom is -0.378 e. The van der Waals surface area contributed by atoms with Gasteiger partial charge < -0.3 is 15.4 Å². The fourth-order valence-corrected chi connectivity index (χ4v) is 3.05. The molecule has 18 heavy (non-hydrogen) atoms. The maximum Gasteiger partial charge on any atom is 0.224 e. The van der Waals surface area contributed by atoms with Crippen molar-refractivity contribution < 1.29 is 9.53 Å². The highest BCUT2D eigenvalue weighted by Gasteiger charge is 2.50. The van der Waals surface area contributed by atoms with Crippen molar-refractivity contribution in [2.45, 2.75) is 46.3 Å². The summed E-state index contributed by atoms with van der Waals surface area (Å²) >= 11 is 0. The lowest BCUT2D eigenvalue weighted by Gasteiger charge is -2.51. The summed E-state index contributed by atoms with van der Waals surface area (Å²) in [4.78, 5) is 12.2. The summed E-state index contributed by atoms with van der Waals surface area (Å²) in [5.41, 5.74) is 0.0565. The second kappa shape index (κ2) is 5.17. The van der Waals surface area contributed by atoms with Gasteiger partial charge in [-0.25, -0.2) is 0 Å². The molecule has 2 rings (SSSR count). The molecule has 4 atom stereocenters. The molecular formula is C14H26N2O2. The van der Waals surface area contributed by atoms with Gasteiger partial charge in [0.05, 0.1) is 12.0 Å². The molecule has 4 unspecified atom stereocenters. The van der Waals surface area contributed by atoms with Crippen molar-refractivity contribution in [3.8, 4) is 0 Å². The third-order valence-electron chi connectivity index (χ3n) is 4.72. The molecule has 4 heteroatoms. The molecule has 1 heterocycles. The molecule has 0 aromatic rings. The zero-order valence-corrected chi connectivity index (χ0v) is 12.0. The van der Waals surface area contributed by atoms with E-state index in [1.54, 1.807) is 0 Å². The zero-order chi connectivity index (χ0) is 13.3. The van der Waals surface area contributed by atoms with Gasteiger partial charge in [-0.1, -0.05) is 20.8 Å². The largest absolute Gasteiger partial charge is 0.378 e. The Morgan fingerprint density at radius 1 is 1.44 bits per heavy atom. The highest BCUT2D eigenvalue weighted by Crippen LogP contribution is 2.42. The molecular weight excluding hydrogens is 228 g/mol. The lowest BCUT2D eigenvalue weighted by atomic mass is 9.64. The van der Waals surface area contributed by atoms with E-state index in [-0.39, 0.29) is 29.4 Å². The number of ether oxygens (including phenoxy) is 1. The fraction of sp³-hybridized carbons (Fsp3) is 0.929. The first-order chi connectivity index (χ1) is 8.46. The first-order valence-electron chi connectivity index (χ1n) is 7.09. The molecule has 0 aromatic carbocycles. The Balaban J connectivity index is 1.86. The summed E-state index contributed by atoms with van der Waals surface area (Å²) in [6.07, 6.45) is 1.23. The molecule has 1 aliphatic heterocycles. The van der Waals surface area contributed by atoms with Crippen LogP contribution in [-0.4, -0.2) is 37.7 Å². The molecule has 0 spiro atoms. The first kappa shape index (κ1) is 13.8. The second-order valence-electron chi connectivity index (χ2n) is 6.30. The van der Waals surface area contributed by atoms with Crippen molar-refractivity contribution >= 4 is 5.91 Å². The van der Waals surface area contributed by atoms with Crippen LogP contribution in [0.4, 0.5) is 0 Å². The molecule has 1 aliphatic carbocycles. The topological polar surface area (TPSA) is 50.4 Å². The highest BCUT2D eigenvalue weighted by atomic mass is 16.5. The summed E-state index contributed by atoms with van der Waals surface area (Å²) in [7, 11) is 0. The number of carbonyl (C=O) groups is 1. The summed E-state index contributed by atoms with van der Waals surface area (Å²) < 4.78 is 5.69. The van der Waals surface area contributed by atoms with Gasteiger partial charge in [0.15, 0.2) is 0 Å². The van der Waals surface area contributed by atoms with Gasteiger partial charge in [0.2, 0.25) is 5.91 Å². The van der Waals surface area contributed by atoms with Crippen molar-refractivity contribution in [2.24, 2.45) is 17.3 Å². The molecule has 4 nitrogen and oxygen atoms in total. The van der Waals surface area contributed by atoms with Gasteiger partial charge in [-0.2, -0.15) is 0 Å². The lowest BCUT2D eigenvalue weighted by molar-refractivity contribution is -0.140. The number of carbonyl (C=O) groups excluding carboxylic acids is 1. The van der Waals surface area contributed by atoms with Crippen LogP contribution in [0.5, 0.6) is 0 Å². The van der Waals surface area contributed by atoms with Crippen molar-refractivity contribution in [2.75, 3.05) is 19.7 Å². The SMILES string of the molecule is CCOC1CC(NC(=O)C2CNCC2C)C1(C)C. The number of hydrogen-bond donors (Lipinski definition) is 2. The van der Waals surface area contributed by atoms with Crippen LogP contribution in [0.15, 0.2) is 0 Å². The van der Waals surface area contributed by atoms with E-state index in [1.807, 2.05) is 6.92 Å². The highest BCUT2D eigenvalue weighted by molar-refractivity contribution is 5.80. The predicted octanol–water partition coefficient (Wildman–Crippen LogP) is 1.16. The molecule has 1 saturated heterocycles. The van der Waals surface area contributed by atoms with Gasteiger partial charge in [-0.15, -0.1) is 0 Å². The molecule has 0 radical (unpaired) electrons. The number of amides is 1. The van der Waals surface area contributed by atoms with E-state index in [2.05, 4.69) is 31.4 Å². The molecule has 1 amide bonds. The van der Waals surface area contributed by atoms with E-state index in [4.69, 9.17) is 4.74 Å². The van der Waals surface area contributed by atoms with Crippen LogP contribution >= 0.6 is 0 Å². The van der Waals surface area contributed by atoms with E-state index >= 15 is 0 Å². The van der Waals surface area contributed by atoms with Gasteiger partial charge in [-0.05, 0) is 25.8 Å². The molecule has 2 N–H and O–H groups in total. The summed E-state index contributed by atoms with van der Waals surface area (Å²) in [5, 5.41) is 6.49. The number of nitrogens with one attached hydrogen (secondary N) is 2. The van der Waals surface area contributed by atoms with Crippen LogP contribution in [-0.2, 0) is 9.53 Å². The van der Waals surface area contributed by atoms with Gasteiger partial charge in [0.1, 0.15) is 0 Å². The van der Waals surface area contributed by atoms with Crippen molar-refractivity contribution in [1.82, 2.24) is 10.6 Å². The minimum atomic E-state index is 0.0565. The van der Waals surface area contributed by atoms with Crippen LogP contribution in [0.25, 0.3) is 0 Å². The molecule has 1 saturated carbocycles. The Labute approximate surface area is 110 Å². The van der Waals surface area contributed by atoms with Gasteiger partial charge in [-0.3, -0.25) is 4.79 Å². The summed E-state index contributed by atoms with van der Waals surface area (Å²) in [6, 6.07) is 0.259. The quantitative estimate of drug-likeness (QED) is 0.791. The van der Waals surface area contributed by atoms with Crippen LogP contribution in [0, 0.1) is 17.3 Å². The fourth-order valence-electron chi connectivity index (χ4n) is 3.05. The Morgan fingerprint density at radius 3 is 2.67 bits per heavy atom. The van der Waals surface area contributed by atoms with E-state index in [9.17, 15) is 4.79 Å². The average Bonchev–Trinajstić information content (AvgIpc) is 2.74. The molecule has 2 fully saturated rings. The molecule has 2 aliphatic rings. The van der Waals surface area contributed by atoms with Crippen LogP contribution in [0.3, 0.4) is 0 Å². The van der Waals surface area contributed by atoms with Gasteiger partial charge in [0, 0.05) is 24.6 Å². The van der Waals surface area contributed by atoms with Crippen molar-refractivity contribution in [3.63, 3.8) is 0 Å². The Bertz CT molecular complexity index is 317. The first-order valence-corrected chi connectivity index (χ1v) is 7.09. The molecule has 0 bridgehead atoms. The normalized spacial score (nSPS) is 38.2. The van der Waals surface area contributed by atoms with E-state index in [1.165, 1.54) is 0 Å². The van der Waals surface area contributed by atoms with E-state index in [0.717, 1.165) is 26.1 Å². The number of rotatable bonds is 4. The third kappa shape index (κ3) is 2.41. The molecule has 104 valence electrons. The van der Waals surface area contributed by atoms with Crippen molar-refractivity contribution in [1.29, 1.82) is 0 Å². The van der Waals surface area contributed by atoms with Crippen LogP contribution in [0.1, 0.15) is 34.1 Å².